The van der Waals surface area contributed by atoms with Crippen LogP contribution in [0.2, 0.25) is 0 Å². The van der Waals surface area contributed by atoms with E-state index in [1.807, 2.05) is 12.1 Å². The highest BCUT2D eigenvalue weighted by molar-refractivity contribution is 6.15. The number of hydrogen-bond acceptors (Lipinski definition) is 2. The molecule has 8 aromatic carbocycles. The molecule has 0 N–H and O–H groups in total. The zero-order valence-corrected chi connectivity index (χ0v) is 28.9. The maximum absolute atomic E-state index is 6.42. The lowest BCUT2D eigenvalue weighted by atomic mass is 9.90. The van der Waals surface area contributed by atoms with Crippen LogP contribution in [0.4, 0.5) is 17.1 Å². The van der Waals surface area contributed by atoms with E-state index >= 15 is 0 Å². The Balaban J connectivity index is 1.24. The minimum atomic E-state index is 0.478. The monoisotopic (exact) mass is 645 g/mol. The van der Waals surface area contributed by atoms with Gasteiger partial charge >= 0.3 is 0 Å². The molecule has 9 aromatic rings. The van der Waals surface area contributed by atoms with Gasteiger partial charge in [0.15, 0.2) is 0 Å². The number of nitrogens with zero attached hydrogens (tertiary/aromatic N) is 1. The van der Waals surface area contributed by atoms with Gasteiger partial charge in [0.1, 0.15) is 11.2 Å². The van der Waals surface area contributed by atoms with E-state index in [0.29, 0.717) is 11.8 Å². The van der Waals surface area contributed by atoms with Crippen LogP contribution in [0.25, 0.3) is 65.4 Å². The molecule has 0 bridgehead atoms. The maximum Gasteiger partial charge on any atom is 0.137 e. The van der Waals surface area contributed by atoms with Crippen LogP contribution >= 0.6 is 0 Å². The van der Waals surface area contributed by atoms with E-state index in [4.69, 9.17) is 4.42 Å². The molecule has 2 nitrogen and oxygen atoms in total. The predicted molar refractivity (Wildman–Crippen MR) is 215 cm³/mol. The van der Waals surface area contributed by atoms with Crippen LogP contribution in [0.3, 0.4) is 0 Å². The largest absolute Gasteiger partial charge is 0.456 e. The number of furan rings is 1. The first-order valence-corrected chi connectivity index (χ1v) is 17.7. The molecule has 0 saturated heterocycles. The molecule has 1 heterocycles. The highest BCUT2D eigenvalue weighted by Gasteiger charge is 2.20. The van der Waals surface area contributed by atoms with E-state index < -0.39 is 0 Å². The Kier molecular flexibility index (Phi) is 7.21. The fourth-order valence-electron chi connectivity index (χ4n) is 7.56. The van der Waals surface area contributed by atoms with Gasteiger partial charge in [-0.2, -0.15) is 0 Å². The quantitative estimate of drug-likeness (QED) is 0.167. The zero-order valence-electron chi connectivity index (χ0n) is 28.9. The first kappa shape index (κ1) is 30.2. The van der Waals surface area contributed by atoms with Gasteiger partial charge < -0.3 is 9.32 Å². The van der Waals surface area contributed by atoms with Crippen molar-refractivity contribution in [3.63, 3.8) is 0 Å². The molecule has 9 rings (SSSR count). The van der Waals surface area contributed by atoms with Crippen LogP contribution < -0.4 is 4.90 Å². The van der Waals surface area contributed by atoms with E-state index in [1.54, 1.807) is 0 Å². The van der Waals surface area contributed by atoms with Gasteiger partial charge in [-0.25, -0.2) is 0 Å². The molecular formula is C48H39NO. The van der Waals surface area contributed by atoms with Gasteiger partial charge in [0.05, 0.1) is 5.69 Å². The van der Waals surface area contributed by atoms with E-state index in [-0.39, 0.29) is 0 Å². The molecule has 0 aliphatic heterocycles. The minimum Gasteiger partial charge on any atom is -0.456 e. The zero-order chi connectivity index (χ0) is 33.9. The number of benzene rings is 8. The van der Waals surface area contributed by atoms with E-state index in [9.17, 15) is 0 Å². The molecule has 50 heavy (non-hydrogen) atoms. The van der Waals surface area contributed by atoms with Crippen LogP contribution in [-0.2, 0) is 0 Å². The van der Waals surface area contributed by atoms with Crippen molar-refractivity contribution < 1.29 is 4.42 Å². The second kappa shape index (κ2) is 11.9. The average Bonchev–Trinajstić information content (AvgIpc) is 3.52. The highest BCUT2D eigenvalue weighted by Crippen LogP contribution is 2.44. The summed E-state index contributed by atoms with van der Waals surface area (Å²) in [5.74, 6) is 0.956. The Morgan fingerprint density at radius 2 is 1.00 bits per heavy atom. The predicted octanol–water partition coefficient (Wildman–Crippen LogP) is 14.4. The van der Waals surface area contributed by atoms with Crippen molar-refractivity contribution in [1.29, 1.82) is 0 Å². The molecule has 0 amide bonds. The van der Waals surface area contributed by atoms with E-state index in [1.165, 1.54) is 54.6 Å². The lowest BCUT2D eigenvalue weighted by molar-refractivity contribution is 0.669. The maximum atomic E-state index is 6.42. The van der Waals surface area contributed by atoms with Crippen LogP contribution in [0.5, 0.6) is 0 Å². The number of para-hydroxylation sites is 1. The third-order valence-corrected chi connectivity index (χ3v) is 10.3. The van der Waals surface area contributed by atoms with Crippen molar-refractivity contribution in [3.05, 3.63) is 163 Å². The normalized spacial score (nSPS) is 12.0. The summed E-state index contributed by atoms with van der Waals surface area (Å²) in [5.41, 5.74) is 10.4. The lowest BCUT2D eigenvalue weighted by Gasteiger charge is -2.28. The molecule has 0 spiro atoms. The molecule has 0 aliphatic rings. The summed E-state index contributed by atoms with van der Waals surface area (Å²) in [4.78, 5) is 2.40. The Morgan fingerprint density at radius 3 is 1.78 bits per heavy atom. The van der Waals surface area contributed by atoms with Crippen LogP contribution in [0.15, 0.2) is 156 Å². The number of rotatable bonds is 6. The molecule has 0 saturated carbocycles. The summed E-state index contributed by atoms with van der Waals surface area (Å²) < 4.78 is 6.42. The summed E-state index contributed by atoms with van der Waals surface area (Å²) in [6.07, 6.45) is 0. The molecule has 0 aliphatic carbocycles. The smallest absolute Gasteiger partial charge is 0.137 e. The van der Waals surface area contributed by atoms with Crippen molar-refractivity contribution in [2.24, 2.45) is 0 Å². The summed E-state index contributed by atoms with van der Waals surface area (Å²) in [7, 11) is 0. The van der Waals surface area contributed by atoms with Gasteiger partial charge in [-0.1, -0.05) is 131 Å². The van der Waals surface area contributed by atoms with Gasteiger partial charge in [0.2, 0.25) is 0 Å². The topological polar surface area (TPSA) is 16.4 Å². The average molecular weight is 646 g/mol. The Morgan fingerprint density at radius 1 is 0.400 bits per heavy atom. The number of hydrogen-bond donors (Lipinski definition) is 0. The van der Waals surface area contributed by atoms with E-state index in [2.05, 4.69) is 172 Å². The molecular weight excluding hydrogens is 607 g/mol. The van der Waals surface area contributed by atoms with Crippen LogP contribution in [0.1, 0.15) is 50.7 Å². The lowest BCUT2D eigenvalue weighted by Crippen LogP contribution is -2.10. The first-order chi connectivity index (χ1) is 24.4. The SMILES string of the molecule is CC(C)c1cc(-c2ccc3cc(N(c4ccc5c(c4)oc4ccccc45)c4cc5ccccc5c5ccccc45)ccc3c2)cc(C(C)C)c1. The number of fused-ring (bicyclic) bond motifs is 7. The third kappa shape index (κ3) is 5.11. The fourth-order valence-corrected chi connectivity index (χ4v) is 7.56. The molecule has 1 aromatic heterocycles. The van der Waals surface area contributed by atoms with Gasteiger partial charge in [-0.15, -0.1) is 0 Å². The summed E-state index contributed by atoms with van der Waals surface area (Å²) in [6, 6.07) is 55.6. The Bertz CT molecular complexity index is 2700. The van der Waals surface area contributed by atoms with Crippen LogP contribution in [0, 0.1) is 0 Å². The van der Waals surface area contributed by atoms with Crippen molar-refractivity contribution in [1.82, 2.24) is 0 Å². The highest BCUT2D eigenvalue weighted by atomic mass is 16.3. The molecule has 0 fully saturated rings. The number of anilines is 3. The molecule has 242 valence electrons. The second-order valence-corrected chi connectivity index (χ2v) is 14.2. The Labute approximate surface area is 293 Å². The van der Waals surface area contributed by atoms with Crippen molar-refractivity contribution in [3.8, 4) is 11.1 Å². The van der Waals surface area contributed by atoms with Gasteiger partial charge in [-0.05, 0) is 103 Å². The third-order valence-electron chi connectivity index (χ3n) is 10.3. The minimum absolute atomic E-state index is 0.478. The molecule has 2 heteroatoms. The summed E-state index contributed by atoms with van der Waals surface area (Å²) >= 11 is 0. The standard InChI is InChI=1S/C48H39NO/c1-30(2)36-24-37(31(3)4)26-38(25-36)33-17-18-34-27-39(20-19-32(34)23-33)49(40-21-22-45-44-15-9-10-16-47(44)50-48(45)29-40)46-28-35-11-5-6-12-41(35)42-13-7-8-14-43(42)46/h5-31H,1-4H3. The van der Waals surface area contributed by atoms with E-state index in [0.717, 1.165) is 39.0 Å². The van der Waals surface area contributed by atoms with Gasteiger partial charge in [0, 0.05) is 33.6 Å². The molecule has 0 unspecified atom stereocenters. The van der Waals surface area contributed by atoms with Crippen LogP contribution in [-0.4, -0.2) is 0 Å². The van der Waals surface area contributed by atoms with Crippen molar-refractivity contribution in [2.75, 3.05) is 4.90 Å². The van der Waals surface area contributed by atoms with Crippen molar-refractivity contribution >= 4 is 71.3 Å². The molecule has 0 atom stereocenters. The summed E-state index contributed by atoms with van der Waals surface area (Å²) in [6.45, 7) is 9.12. The van der Waals surface area contributed by atoms with Gasteiger partial charge in [0.25, 0.3) is 0 Å². The second-order valence-electron chi connectivity index (χ2n) is 14.2. The Hall–Kier alpha value is -5.86. The fraction of sp³-hybridized carbons (Fsp3) is 0.125. The summed E-state index contributed by atoms with van der Waals surface area (Å²) in [5, 5.41) is 9.61. The van der Waals surface area contributed by atoms with Gasteiger partial charge in [-0.3, -0.25) is 0 Å². The van der Waals surface area contributed by atoms with Crippen molar-refractivity contribution in [2.45, 2.75) is 39.5 Å². The molecule has 0 radical (unpaired) electrons. The first-order valence-electron chi connectivity index (χ1n) is 17.7.